The number of benzene rings is 2. The summed E-state index contributed by atoms with van der Waals surface area (Å²) in [6, 6.07) is 9.23. The van der Waals surface area contributed by atoms with E-state index in [1.165, 1.54) is 6.07 Å². The molecule has 168 valence electrons. The number of hydrogen-bond donors (Lipinski definition) is 2. The molecule has 3 heterocycles. The highest BCUT2D eigenvalue weighted by Crippen LogP contribution is 2.30. The molecule has 4 amide bonds. The van der Waals surface area contributed by atoms with E-state index in [4.69, 9.17) is 8.83 Å². The van der Waals surface area contributed by atoms with Gasteiger partial charge in [0.05, 0.1) is 10.9 Å². The number of furan rings is 1. The van der Waals surface area contributed by atoms with Crippen molar-refractivity contribution in [1.29, 1.82) is 0 Å². The zero-order valence-corrected chi connectivity index (χ0v) is 18.0. The number of ketones is 1. The van der Waals surface area contributed by atoms with Crippen molar-refractivity contribution < 1.29 is 28.0 Å². The smallest absolute Gasteiger partial charge is 0.328 e. The summed E-state index contributed by atoms with van der Waals surface area (Å²) in [5.74, 6) is -1.97. The summed E-state index contributed by atoms with van der Waals surface area (Å²) < 4.78 is 11.4. The second-order valence-corrected chi connectivity index (χ2v) is 7.91. The zero-order valence-electron chi connectivity index (χ0n) is 18.0. The molecule has 1 fully saturated rings. The Morgan fingerprint density at radius 1 is 0.882 bits per heavy atom. The molecule has 0 radical (unpaired) electrons. The topological polar surface area (TPSA) is 136 Å². The fraction of sp³-hybridized carbons (Fsp3) is 0.0800. The first-order valence-corrected chi connectivity index (χ1v) is 10.2. The average molecular weight is 456 g/mol. The number of barbiturate groups is 1. The van der Waals surface area contributed by atoms with Crippen molar-refractivity contribution in [2.24, 2.45) is 0 Å². The van der Waals surface area contributed by atoms with Crippen LogP contribution in [0.1, 0.15) is 32.8 Å². The fourth-order valence-electron chi connectivity index (χ4n) is 3.77. The first-order valence-electron chi connectivity index (χ1n) is 10.2. The van der Waals surface area contributed by atoms with Crippen molar-refractivity contribution in [3.8, 4) is 0 Å². The SMILES string of the molecule is Cc1ccc(C(=O)c2oc3cc4occ(C=C5C(=O)NC(=O)NC5=O)c(=O)c4cc3c2C)cc1. The van der Waals surface area contributed by atoms with Gasteiger partial charge in [-0.1, -0.05) is 29.8 Å². The number of nitrogens with one attached hydrogen (secondary N) is 2. The van der Waals surface area contributed by atoms with Gasteiger partial charge in [-0.05, 0) is 26.0 Å². The van der Waals surface area contributed by atoms with E-state index in [9.17, 15) is 24.0 Å². The Balaban J connectivity index is 1.62. The number of urea groups is 1. The molecule has 0 aliphatic carbocycles. The van der Waals surface area contributed by atoms with Crippen molar-refractivity contribution >= 4 is 51.6 Å². The van der Waals surface area contributed by atoms with Gasteiger partial charge >= 0.3 is 6.03 Å². The van der Waals surface area contributed by atoms with Gasteiger partial charge in [-0.3, -0.25) is 29.8 Å². The third-order valence-electron chi connectivity index (χ3n) is 5.62. The second kappa shape index (κ2) is 7.66. The third kappa shape index (κ3) is 3.39. The van der Waals surface area contributed by atoms with Gasteiger partial charge in [-0.2, -0.15) is 0 Å². The van der Waals surface area contributed by atoms with Crippen LogP contribution >= 0.6 is 0 Å². The summed E-state index contributed by atoms with van der Waals surface area (Å²) in [5.41, 5.74) is 1.68. The van der Waals surface area contributed by atoms with Crippen LogP contribution in [0.15, 0.2) is 61.9 Å². The number of carbonyl (C=O) groups excluding carboxylic acids is 4. The normalized spacial score (nSPS) is 13.8. The number of imide groups is 2. The van der Waals surface area contributed by atoms with Crippen LogP contribution in [0.25, 0.3) is 28.0 Å². The van der Waals surface area contributed by atoms with E-state index in [2.05, 4.69) is 0 Å². The molecule has 5 rings (SSSR count). The molecule has 9 heteroatoms. The minimum Gasteiger partial charge on any atom is -0.463 e. The highest BCUT2D eigenvalue weighted by molar-refractivity contribution is 6.31. The van der Waals surface area contributed by atoms with Crippen molar-refractivity contribution in [3.05, 3.63) is 86.5 Å². The van der Waals surface area contributed by atoms with Crippen LogP contribution in [0.4, 0.5) is 4.79 Å². The quantitative estimate of drug-likeness (QED) is 0.275. The molecule has 1 saturated heterocycles. The van der Waals surface area contributed by atoms with E-state index in [0.29, 0.717) is 22.1 Å². The molecular weight excluding hydrogens is 440 g/mol. The van der Waals surface area contributed by atoms with Crippen LogP contribution in [-0.2, 0) is 9.59 Å². The lowest BCUT2D eigenvalue weighted by atomic mass is 10.0. The van der Waals surface area contributed by atoms with Crippen molar-refractivity contribution in [2.45, 2.75) is 13.8 Å². The lowest BCUT2D eigenvalue weighted by Gasteiger charge is -2.13. The van der Waals surface area contributed by atoms with Gasteiger partial charge in [0, 0.05) is 22.6 Å². The van der Waals surface area contributed by atoms with Crippen LogP contribution < -0.4 is 16.1 Å². The highest BCUT2D eigenvalue weighted by atomic mass is 16.3. The number of rotatable bonds is 3. The molecule has 4 aromatic rings. The fourth-order valence-corrected chi connectivity index (χ4v) is 3.77. The van der Waals surface area contributed by atoms with Gasteiger partial charge in [-0.25, -0.2) is 4.79 Å². The Bertz CT molecular complexity index is 1630. The van der Waals surface area contributed by atoms with Crippen LogP contribution in [0.3, 0.4) is 0 Å². The second-order valence-electron chi connectivity index (χ2n) is 7.91. The van der Waals surface area contributed by atoms with Gasteiger partial charge in [-0.15, -0.1) is 0 Å². The molecule has 1 aliphatic rings. The minimum atomic E-state index is -0.938. The highest BCUT2D eigenvalue weighted by Gasteiger charge is 2.28. The van der Waals surface area contributed by atoms with Gasteiger partial charge in [0.15, 0.2) is 11.2 Å². The molecule has 34 heavy (non-hydrogen) atoms. The number of aryl methyl sites for hydroxylation is 2. The van der Waals surface area contributed by atoms with Crippen LogP contribution in [-0.4, -0.2) is 23.6 Å². The Morgan fingerprint density at radius 2 is 1.56 bits per heavy atom. The van der Waals surface area contributed by atoms with E-state index in [1.807, 2.05) is 29.7 Å². The average Bonchev–Trinajstić information content (AvgIpc) is 3.12. The summed E-state index contributed by atoms with van der Waals surface area (Å²) in [4.78, 5) is 61.3. The molecule has 0 bridgehead atoms. The van der Waals surface area contributed by atoms with Gasteiger partial charge in [0.25, 0.3) is 11.8 Å². The Hall–Kier alpha value is -4.79. The molecule has 0 unspecified atom stereocenters. The van der Waals surface area contributed by atoms with Crippen LogP contribution in [0.5, 0.6) is 0 Å². The Morgan fingerprint density at radius 3 is 2.24 bits per heavy atom. The molecule has 2 aromatic heterocycles. The Labute approximate surface area is 191 Å². The number of hydrogen-bond acceptors (Lipinski definition) is 7. The molecule has 9 nitrogen and oxygen atoms in total. The molecule has 0 atom stereocenters. The lowest BCUT2D eigenvalue weighted by molar-refractivity contribution is -0.123. The number of fused-ring (bicyclic) bond motifs is 2. The third-order valence-corrected chi connectivity index (χ3v) is 5.62. The summed E-state index contributed by atoms with van der Waals surface area (Å²) in [5, 5.41) is 4.61. The summed E-state index contributed by atoms with van der Waals surface area (Å²) in [6.45, 7) is 3.65. The molecule has 0 spiro atoms. The first kappa shape index (κ1) is 21.1. The Kier molecular flexibility index (Phi) is 4.75. The van der Waals surface area contributed by atoms with Crippen LogP contribution in [0.2, 0.25) is 0 Å². The monoisotopic (exact) mass is 456 g/mol. The predicted molar refractivity (Wildman–Crippen MR) is 121 cm³/mol. The summed E-state index contributed by atoms with van der Waals surface area (Å²) >= 11 is 0. The zero-order chi connectivity index (χ0) is 24.1. The lowest BCUT2D eigenvalue weighted by Crippen LogP contribution is -2.51. The summed E-state index contributed by atoms with van der Waals surface area (Å²) in [7, 11) is 0. The van der Waals surface area contributed by atoms with E-state index in [-0.39, 0.29) is 28.1 Å². The maximum absolute atomic E-state index is 13.1. The number of carbonyl (C=O) groups is 4. The maximum atomic E-state index is 13.1. The molecule has 2 N–H and O–H groups in total. The molecule has 1 aliphatic heterocycles. The van der Waals surface area contributed by atoms with E-state index >= 15 is 0 Å². The first-order chi connectivity index (χ1) is 16.2. The van der Waals surface area contributed by atoms with Gasteiger partial charge in [0.2, 0.25) is 5.78 Å². The molecule has 0 saturated carbocycles. The van der Waals surface area contributed by atoms with E-state index in [0.717, 1.165) is 17.9 Å². The van der Waals surface area contributed by atoms with Crippen molar-refractivity contribution in [2.75, 3.05) is 0 Å². The van der Waals surface area contributed by atoms with Crippen LogP contribution in [0, 0.1) is 13.8 Å². The number of amides is 4. The molecule has 2 aromatic carbocycles. The molecular formula is C25H16N2O7. The minimum absolute atomic E-state index is 0.0568. The van der Waals surface area contributed by atoms with Crippen molar-refractivity contribution in [1.82, 2.24) is 10.6 Å². The largest absolute Gasteiger partial charge is 0.463 e. The maximum Gasteiger partial charge on any atom is 0.328 e. The van der Waals surface area contributed by atoms with Crippen molar-refractivity contribution in [3.63, 3.8) is 0 Å². The van der Waals surface area contributed by atoms with E-state index < -0.39 is 28.8 Å². The summed E-state index contributed by atoms with van der Waals surface area (Å²) in [6.07, 6.45) is 2.16. The van der Waals surface area contributed by atoms with E-state index in [1.54, 1.807) is 25.1 Å². The van der Waals surface area contributed by atoms with Gasteiger partial charge in [0.1, 0.15) is 23.0 Å². The van der Waals surface area contributed by atoms with Gasteiger partial charge < -0.3 is 8.83 Å². The predicted octanol–water partition coefficient (Wildman–Crippen LogP) is 3.14. The standard InChI is InChI=1S/C25H16N2O7/c1-11-3-5-13(6-4-11)21(29)22-12(2)15-8-16-18(9-19(15)34-22)33-10-14(20(16)28)7-17-23(30)26-25(32)27-24(17)31/h3-10H,1-2H3,(H2,26,27,30,31,32).